The molecule has 0 N–H and O–H groups in total. The van der Waals surface area contributed by atoms with Crippen molar-refractivity contribution in [1.29, 1.82) is 0 Å². The summed E-state index contributed by atoms with van der Waals surface area (Å²) in [4.78, 5) is 26.9. The van der Waals surface area contributed by atoms with Crippen LogP contribution in [0.15, 0.2) is 48.5 Å². The number of likely N-dealkylation sites (tertiary alicyclic amines) is 1. The van der Waals surface area contributed by atoms with Crippen LogP contribution in [-0.4, -0.2) is 34.9 Å². The Morgan fingerprint density at radius 2 is 1.70 bits per heavy atom. The number of benzene rings is 2. The minimum absolute atomic E-state index is 0.0765. The molecule has 0 aliphatic carbocycles. The first-order valence-corrected chi connectivity index (χ1v) is 9.26. The predicted octanol–water partition coefficient (Wildman–Crippen LogP) is 3.92. The van der Waals surface area contributed by atoms with Gasteiger partial charge in [0.25, 0.3) is 5.69 Å². The number of carbonyl (C=O) groups is 1. The maximum atomic E-state index is 12.2. The van der Waals surface area contributed by atoms with Crippen LogP contribution in [0.25, 0.3) is 0 Å². The predicted molar refractivity (Wildman–Crippen MR) is 106 cm³/mol. The number of aryl methyl sites for hydroxylation is 1. The molecule has 0 radical (unpaired) electrons. The largest absolute Gasteiger partial charge is 0.310 e. The van der Waals surface area contributed by atoms with Gasteiger partial charge in [0.15, 0.2) is 0 Å². The van der Waals surface area contributed by atoms with Gasteiger partial charge in [0.05, 0.1) is 4.92 Å². The van der Waals surface area contributed by atoms with E-state index in [9.17, 15) is 14.9 Å². The Labute approximate surface area is 159 Å². The smallest absolute Gasteiger partial charge is 0.269 e. The van der Waals surface area contributed by atoms with Gasteiger partial charge in [-0.1, -0.05) is 29.8 Å². The van der Waals surface area contributed by atoms with Crippen molar-refractivity contribution < 1.29 is 9.72 Å². The maximum Gasteiger partial charge on any atom is 0.269 e. The lowest BCUT2D eigenvalue weighted by atomic mass is 10.0. The number of hydrogen-bond acceptors (Lipinski definition) is 4. The van der Waals surface area contributed by atoms with Crippen molar-refractivity contribution >= 4 is 17.3 Å². The van der Waals surface area contributed by atoms with E-state index in [0.717, 1.165) is 43.7 Å². The van der Waals surface area contributed by atoms with E-state index in [1.165, 1.54) is 5.56 Å². The van der Waals surface area contributed by atoms with Crippen molar-refractivity contribution in [3.05, 3.63) is 69.8 Å². The molecule has 1 fully saturated rings. The van der Waals surface area contributed by atoms with E-state index in [1.807, 2.05) is 48.2 Å². The van der Waals surface area contributed by atoms with Crippen molar-refractivity contribution in [1.82, 2.24) is 4.90 Å². The molecule has 0 bridgehead atoms. The van der Waals surface area contributed by atoms with Crippen LogP contribution in [0.2, 0.25) is 0 Å². The van der Waals surface area contributed by atoms with E-state index in [0.29, 0.717) is 0 Å². The molecular formula is C21H25N3O3. The molecule has 27 heavy (non-hydrogen) atoms. The third-order valence-electron chi connectivity index (χ3n) is 5.13. The topological polar surface area (TPSA) is 66.7 Å². The van der Waals surface area contributed by atoms with Crippen LogP contribution < -0.4 is 4.90 Å². The number of piperidine rings is 1. The maximum absolute atomic E-state index is 12.2. The van der Waals surface area contributed by atoms with Crippen molar-refractivity contribution in [2.24, 2.45) is 0 Å². The Morgan fingerprint density at radius 1 is 1.11 bits per heavy atom. The molecule has 0 aromatic heterocycles. The minimum atomic E-state index is -0.378. The number of nitro groups is 1. The highest BCUT2D eigenvalue weighted by Gasteiger charge is 2.27. The first-order chi connectivity index (χ1) is 12.9. The highest BCUT2D eigenvalue weighted by atomic mass is 16.6. The molecule has 0 unspecified atom stereocenters. The van der Waals surface area contributed by atoms with Crippen LogP contribution in [0.1, 0.15) is 30.9 Å². The molecule has 0 spiro atoms. The van der Waals surface area contributed by atoms with Gasteiger partial charge in [-0.25, -0.2) is 0 Å². The normalized spacial score (nSPS) is 15.5. The fourth-order valence-electron chi connectivity index (χ4n) is 3.67. The Kier molecular flexibility index (Phi) is 5.86. The number of carbonyl (C=O) groups excluding carboxylic acids is 1. The lowest BCUT2D eigenvalue weighted by Crippen LogP contribution is -2.46. The van der Waals surface area contributed by atoms with Gasteiger partial charge >= 0.3 is 0 Å². The standard InChI is InChI=1S/C21H25N3O3/c1-16-3-7-19(8-4-16)23(17(2)25)20-11-13-22(14-12-20)15-18-5-9-21(10-6-18)24(26)27/h3-10,20H,11-15H2,1-2H3. The van der Waals surface area contributed by atoms with E-state index >= 15 is 0 Å². The zero-order valence-electron chi connectivity index (χ0n) is 15.8. The molecule has 6 nitrogen and oxygen atoms in total. The van der Waals surface area contributed by atoms with Gasteiger partial charge in [-0.2, -0.15) is 0 Å². The lowest BCUT2D eigenvalue weighted by Gasteiger charge is -2.38. The number of rotatable bonds is 5. The summed E-state index contributed by atoms with van der Waals surface area (Å²) in [5.41, 5.74) is 3.33. The molecule has 2 aromatic carbocycles. The van der Waals surface area contributed by atoms with E-state index in [1.54, 1.807) is 19.1 Å². The Balaban J connectivity index is 1.60. The molecule has 142 valence electrons. The van der Waals surface area contributed by atoms with E-state index in [4.69, 9.17) is 0 Å². The van der Waals surface area contributed by atoms with Gasteiger partial charge in [0.2, 0.25) is 5.91 Å². The average Bonchev–Trinajstić information content (AvgIpc) is 2.65. The first kappa shape index (κ1) is 19.0. The summed E-state index contributed by atoms with van der Waals surface area (Å²) in [5.74, 6) is 0.0765. The molecule has 1 aliphatic heterocycles. The number of anilines is 1. The van der Waals surface area contributed by atoms with Crippen molar-refractivity contribution in [3.63, 3.8) is 0 Å². The van der Waals surface area contributed by atoms with E-state index < -0.39 is 0 Å². The second-order valence-electron chi connectivity index (χ2n) is 7.16. The quantitative estimate of drug-likeness (QED) is 0.593. The molecule has 1 heterocycles. The summed E-state index contributed by atoms with van der Waals surface area (Å²) >= 11 is 0. The zero-order chi connectivity index (χ0) is 19.4. The van der Waals surface area contributed by atoms with Crippen LogP contribution in [-0.2, 0) is 11.3 Å². The first-order valence-electron chi connectivity index (χ1n) is 9.26. The average molecular weight is 367 g/mol. The van der Waals surface area contributed by atoms with E-state index in [2.05, 4.69) is 4.90 Å². The number of amides is 1. The molecular weight excluding hydrogens is 342 g/mol. The summed E-state index contributed by atoms with van der Waals surface area (Å²) < 4.78 is 0. The second kappa shape index (κ2) is 8.31. The number of nitrogens with zero attached hydrogens (tertiary/aromatic N) is 3. The van der Waals surface area contributed by atoms with Crippen LogP contribution in [0.5, 0.6) is 0 Å². The summed E-state index contributed by atoms with van der Waals surface area (Å²) in [6, 6.07) is 15.0. The van der Waals surface area contributed by atoms with Gasteiger partial charge in [-0.15, -0.1) is 0 Å². The third-order valence-corrected chi connectivity index (χ3v) is 5.13. The summed E-state index contributed by atoms with van der Waals surface area (Å²) in [7, 11) is 0. The van der Waals surface area contributed by atoms with Gasteiger partial charge in [0.1, 0.15) is 0 Å². The molecule has 3 rings (SSSR count). The fraction of sp³-hybridized carbons (Fsp3) is 0.381. The Bertz CT molecular complexity index is 794. The molecule has 2 aromatic rings. The third kappa shape index (κ3) is 4.71. The molecule has 1 saturated heterocycles. The SMILES string of the molecule is CC(=O)N(c1ccc(C)cc1)C1CCN(Cc2ccc([N+](=O)[O-])cc2)CC1. The minimum Gasteiger partial charge on any atom is -0.310 e. The van der Waals surface area contributed by atoms with Gasteiger partial charge in [-0.05, 0) is 37.5 Å². The Hall–Kier alpha value is -2.73. The van der Waals surface area contributed by atoms with Crippen LogP contribution >= 0.6 is 0 Å². The molecule has 0 atom stereocenters. The van der Waals surface area contributed by atoms with E-state index in [-0.39, 0.29) is 22.6 Å². The van der Waals surface area contributed by atoms with Gasteiger partial charge in [0, 0.05) is 50.4 Å². The van der Waals surface area contributed by atoms with Crippen molar-refractivity contribution in [2.45, 2.75) is 39.3 Å². The number of non-ortho nitro benzene ring substituents is 1. The molecule has 1 amide bonds. The second-order valence-corrected chi connectivity index (χ2v) is 7.16. The van der Waals surface area contributed by atoms with Crippen molar-refractivity contribution in [2.75, 3.05) is 18.0 Å². The summed E-state index contributed by atoms with van der Waals surface area (Å²) in [5, 5.41) is 10.8. The highest BCUT2D eigenvalue weighted by molar-refractivity contribution is 5.92. The fourth-order valence-corrected chi connectivity index (χ4v) is 3.67. The van der Waals surface area contributed by atoms with Gasteiger partial charge in [-0.3, -0.25) is 19.8 Å². The molecule has 6 heteroatoms. The number of hydrogen-bond donors (Lipinski definition) is 0. The molecule has 0 saturated carbocycles. The van der Waals surface area contributed by atoms with Gasteiger partial charge < -0.3 is 4.90 Å². The summed E-state index contributed by atoms with van der Waals surface area (Å²) in [6.45, 7) is 6.24. The van der Waals surface area contributed by atoms with Crippen LogP contribution in [0, 0.1) is 17.0 Å². The highest BCUT2D eigenvalue weighted by Crippen LogP contribution is 2.25. The summed E-state index contributed by atoms with van der Waals surface area (Å²) in [6.07, 6.45) is 1.83. The van der Waals surface area contributed by atoms with Crippen LogP contribution in [0.4, 0.5) is 11.4 Å². The molecule has 1 aliphatic rings. The lowest BCUT2D eigenvalue weighted by molar-refractivity contribution is -0.384. The monoisotopic (exact) mass is 367 g/mol. The van der Waals surface area contributed by atoms with Crippen LogP contribution in [0.3, 0.4) is 0 Å². The Morgan fingerprint density at radius 3 is 2.22 bits per heavy atom. The zero-order valence-corrected chi connectivity index (χ0v) is 15.8. The number of nitro benzene ring substituents is 1. The van der Waals surface area contributed by atoms with Crippen molar-refractivity contribution in [3.8, 4) is 0 Å².